The zero-order valence-electron chi connectivity index (χ0n) is 17.7. The molecule has 2 aromatic rings. The van der Waals surface area contributed by atoms with Crippen molar-refractivity contribution in [3.8, 4) is 11.5 Å². The number of likely N-dealkylation sites (tertiary alicyclic amines) is 1. The first kappa shape index (κ1) is 20.6. The minimum absolute atomic E-state index is 0.212. The Balaban J connectivity index is 1.41. The lowest BCUT2D eigenvalue weighted by atomic mass is 10.2. The second-order valence-electron chi connectivity index (χ2n) is 7.68. The molecule has 30 heavy (non-hydrogen) atoms. The van der Waals surface area contributed by atoms with Gasteiger partial charge in [-0.3, -0.25) is 4.90 Å². The van der Waals surface area contributed by atoms with Gasteiger partial charge in [0, 0.05) is 19.5 Å². The minimum atomic E-state index is 0.212. The normalized spacial score (nSPS) is 18.1. The first-order valence-corrected chi connectivity index (χ1v) is 11.0. The maximum absolute atomic E-state index is 5.80. The van der Waals surface area contributed by atoms with Gasteiger partial charge in [0.15, 0.2) is 17.5 Å². The highest BCUT2D eigenvalue weighted by molar-refractivity contribution is 5.79. The van der Waals surface area contributed by atoms with Crippen LogP contribution >= 0.6 is 0 Å². The second-order valence-corrected chi connectivity index (χ2v) is 7.68. The molecule has 4 rings (SSSR count). The Kier molecular flexibility index (Phi) is 7.13. The lowest BCUT2D eigenvalue weighted by molar-refractivity contribution is 0.215. The Labute approximate surface area is 178 Å². The zero-order valence-corrected chi connectivity index (χ0v) is 17.7. The molecular weight excluding hydrogens is 380 g/mol. The molecule has 0 spiro atoms. The summed E-state index contributed by atoms with van der Waals surface area (Å²) in [6.45, 7) is 7.82. The molecular formula is C23H32N4O3. The number of ether oxygens (including phenoxy) is 2. The van der Waals surface area contributed by atoms with E-state index in [9.17, 15) is 0 Å². The highest BCUT2D eigenvalue weighted by atomic mass is 16.5. The van der Waals surface area contributed by atoms with E-state index < -0.39 is 0 Å². The van der Waals surface area contributed by atoms with Gasteiger partial charge in [-0.05, 0) is 62.7 Å². The van der Waals surface area contributed by atoms with E-state index in [1.165, 1.54) is 12.8 Å². The first-order chi connectivity index (χ1) is 14.8. The predicted octanol–water partition coefficient (Wildman–Crippen LogP) is 3.33. The summed E-state index contributed by atoms with van der Waals surface area (Å²) >= 11 is 0. The smallest absolute Gasteiger partial charge is 0.191 e. The van der Waals surface area contributed by atoms with Gasteiger partial charge < -0.3 is 24.5 Å². The summed E-state index contributed by atoms with van der Waals surface area (Å²) < 4.78 is 17.2. The summed E-state index contributed by atoms with van der Waals surface area (Å²) in [4.78, 5) is 7.27. The number of aliphatic imine (C=N–C) groups is 1. The van der Waals surface area contributed by atoms with Gasteiger partial charge in [-0.25, -0.2) is 4.99 Å². The quantitative estimate of drug-likeness (QED) is 0.537. The van der Waals surface area contributed by atoms with E-state index in [2.05, 4.69) is 34.6 Å². The molecule has 0 aliphatic carbocycles. The molecule has 3 heterocycles. The van der Waals surface area contributed by atoms with Crippen LogP contribution in [0, 0.1) is 0 Å². The van der Waals surface area contributed by atoms with Crippen molar-refractivity contribution in [1.29, 1.82) is 0 Å². The van der Waals surface area contributed by atoms with Gasteiger partial charge in [0.25, 0.3) is 0 Å². The molecule has 1 saturated heterocycles. The van der Waals surface area contributed by atoms with Gasteiger partial charge in [-0.15, -0.1) is 0 Å². The molecule has 7 heteroatoms. The van der Waals surface area contributed by atoms with Gasteiger partial charge in [0.1, 0.15) is 5.76 Å². The van der Waals surface area contributed by atoms with E-state index in [1.54, 1.807) is 6.26 Å². The fourth-order valence-electron chi connectivity index (χ4n) is 3.96. The van der Waals surface area contributed by atoms with Gasteiger partial charge in [-0.2, -0.15) is 0 Å². The largest absolute Gasteiger partial charge is 0.490 e. The Bertz CT molecular complexity index is 816. The predicted molar refractivity (Wildman–Crippen MR) is 117 cm³/mol. The Morgan fingerprint density at radius 3 is 2.67 bits per heavy atom. The Morgan fingerprint density at radius 2 is 1.90 bits per heavy atom. The Hall–Kier alpha value is -2.67. The van der Waals surface area contributed by atoms with Crippen molar-refractivity contribution in [2.45, 2.75) is 38.8 Å². The molecule has 2 aliphatic rings. The van der Waals surface area contributed by atoms with Crippen LogP contribution in [0.2, 0.25) is 0 Å². The van der Waals surface area contributed by atoms with Crippen LogP contribution in [-0.4, -0.2) is 50.3 Å². The summed E-state index contributed by atoms with van der Waals surface area (Å²) in [7, 11) is 0. The molecule has 162 valence electrons. The highest BCUT2D eigenvalue weighted by Crippen LogP contribution is 2.30. The molecule has 0 amide bonds. The van der Waals surface area contributed by atoms with E-state index >= 15 is 0 Å². The number of furan rings is 1. The van der Waals surface area contributed by atoms with Crippen LogP contribution < -0.4 is 20.1 Å². The van der Waals surface area contributed by atoms with E-state index in [4.69, 9.17) is 18.9 Å². The molecule has 1 aromatic carbocycles. The third kappa shape index (κ3) is 5.27. The third-order valence-corrected chi connectivity index (χ3v) is 5.49. The number of hydrogen-bond acceptors (Lipinski definition) is 5. The molecule has 7 nitrogen and oxygen atoms in total. The van der Waals surface area contributed by atoms with Crippen molar-refractivity contribution in [2.24, 2.45) is 4.99 Å². The number of hydrogen-bond donors (Lipinski definition) is 2. The maximum atomic E-state index is 5.80. The summed E-state index contributed by atoms with van der Waals surface area (Å²) in [5.74, 6) is 3.44. The lowest BCUT2D eigenvalue weighted by Crippen LogP contribution is -2.42. The van der Waals surface area contributed by atoms with Gasteiger partial charge in [0.05, 0.1) is 32.1 Å². The van der Waals surface area contributed by atoms with E-state index in [-0.39, 0.29) is 6.04 Å². The van der Waals surface area contributed by atoms with Crippen molar-refractivity contribution in [2.75, 3.05) is 39.4 Å². The van der Waals surface area contributed by atoms with Gasteiger partial charge in [-0.1, -0.05) is 6.07 Å². The second kappa shape index (κ2) is 10.4. The van der Waals surface area contributed by atoms with E-state index in [0.29, 0.717) is 19.8 Å². The molecule has 1 aromatic heterocycles. The summed E-state index contributed by atoms with van der Waals surface area (Å²) in [6, 6.07) is 10.3. The van der Waals surface area contributed by atoms with Crippen LogP contribution in [-0.2, 0) is 6.54 Å². The molecule has 1 unspecified atom stereocenters. The monoisotopic (exact) mass is 412 g/mol. The molecule has 1 atom stereocenters. The third-order valence-electron chi connectivity index (χ3n) is 5.49. The fourth-order valence-corrected chi connectivity index (χ4v) is 3.96. The zero-order chi connectivity index (χ0) is 20.6. The van der Waals surface area contributed by atoms with Gasteiger partial charge >= 0.3 is 0 Å². The molecule has 0 saturated carbocycles. The van der Waals surface area contributed by atoms with Crippen molar-refractivity contribution >= 4 is 5.96 Å². The molecule has 2 aliphatic heterocycles. The molecule has 0 bridgehead atoms. The standard InChI is InChI=1S/C23H32N4O3/c1-2-24-23(25-16-18-8-9-21-22(15-18)30-14-6-13-29-21)26-17-19(20-7-5-12-28-20)27-10-3-4-11-27/h5,7-9,12,15,19H,2-4,6,10-11,13-14,16-17H2,1H3,(H2,24,25,26). The van der Waals surface area contributed by atoms with Crippen LogP contribution in [0.1, 0.15) is 43.6 Å². The average Bonchev–Trinajstić information content (AvgIpc) is 3.44. The minimum Gasteiger partial charge on any atom is -0.490 e. The summed E-state index contributed by atoms with van der Waals surface area (Å²) in [5.41, 5.74) is 1.10. The maximum Gasteiger partial charge on any atom is 0.191 e. The fraction of sp³-hybridized carbons (Fsp3) is 0.522. The molecule has 1 fully saturated rings. The average molecular weight is 413 g/mol. The highest BCUT2D eigenvalue weighted by Gasteiger charge is 2.25. The van der Waals surface area contributed by atoms with Crippen molar-refractivity contribution in [1.82, 2.24) is 15.5 Å². The molecule has 0 radical (unpaired) electrons. The summed E-state index contributed by atoms with van der Waals surface area (Å²) in [5, 5.41) is 6.86. The molecule has 2 N–H and O–H groups in total. The van der Waals surface area contributed by atoms with Crippen molar-refractivity contribution < 1.29 is 13.9 Å². The Morgan fingerprint density at radius 1 is 1.07 bits per heavy atom. The van der Waals surface area contributed by atoms with E-state index in [0.717, 1.165) is 61.4 Å². The number of nitrogens with zero attached hydrogens (tertiary/aromatic N) is 2. The van der Waals surface area contributed by atoms with Crippen molar-refractivity contribution in [3.05, 3.63) is 47.9 Å². The van der Waals surface area contributed by atoms with Crippen LogP contribution in [0.4, 0.5) is 0 Å². The number of nitrogens with one attached hydrogen (secondary N) is 2. The van der Waals surface area contributed by atoms with Crippen LogP contribution in [0.3, 0.4) is 0 Å². The van der Waals surface area contributed by atoms with E-state index in [1.807, 2.05) is 18.2 Å². The first-order valence-electron chi connectivity index (χ1n) is 11.0. The van der Waals surface area contributed by atoms with Crippen LogP contribution in [0.5, 0.6) is 11.5 Å². The van der Waals surface area contributed by atoms with Crippen LogP contribution in [0.25, 0.3) is 0 Å². The van der Waals surface area contributed by atoms with Crippen LogP contribution in [0.15, 0.2) is 46.0 Å². The number of benzene rings is 1. The topological polar surface area (TPSA) is 71.3 Å². The van der Waals surface area contributed by atoms with Gasteiger partial charge in [0.2, 0.25) is 0 Å². The number of fused-ring (bicyclic) bond motifs is 1. The number of rotatable bonds is 7. The SMILES string of the molecule is CCNC(=NCc1ccc2c(c1)OCCCO2)NCC(c1ccco1)N1CCCC1. The summed E-state index contributed by atoms with van der Waals surface area (Å²) in [6.07, 6.45) is 5.15. The number of guanidine groups is 1. The lowest BCUT2D eigenvalue weighted by Gasteiger charge is -2.26. The van der Waals surface area contributed by atoms with Crippen molar-refractivity contribution in [3.63, 3.8) is 0 Å².